The van der Waals surface area contributed by atoms with Crippen molar-refractivity contribution in [2.75, 3.05) is 11.5 Å². The van der Waals surface area contributed by atoms with Gasteiger partial charge in [0.1, 0.15) is 0 Å². The molecule has 0 saturated carbocycles. The summed E-state index contributed by atoms with van der Waals surface area (Å²) < 4.78 is -2.66. The summed E-state index contributed by atoms with van der Waals surface area (Å²) in [5, 5.41) is 43.7. The van der Waals surface area contributed by atoms with E-state index >= 15 is 0 Å². The van der Waals surface area contributed by atoms with Gasteiger partial charge in [0.05, 0.1) is 20.1 Å². The molecule has 0 aliphatic rings. The van der Waals surface area contributed by atoms with Crippen LogP contribution in [0.3, 0.4) is 0 Å². The van der Waals surface area contributed by atoms with Crippen LogP contribution < -0.4 is 10.2 Å². The number of carboxylic acid groups (broad SMARTS) is 4. The minimum absolute atomic E-state index is 0.0145. The number of carbonyl (C=O) groups is 4. The quantitative estimate of drug-likeness (QED) is 0.0472. The van der Waals surface area contributed by atoms with Gasteiger partial charge in [-0.25, -0.2) is 9.59 Å². The Morgan fingerprint density at radius 2 is 0.734 bits per heavy atom. The maximum absolute atomic E-state index is 13.0. The average Bonchev–Trinajstić information content (AvgIpc) is 3.26. The maximum atomic E-state index is 13.0. The Morgan fingerprint density at radius 3 is 1.02 bits per heavy atom. The molecule has 0 aliphatic heterocycles. The van der Waals surface area contributed by atoms with Crippen molar-refractivity contribution in [3.05, 3.63) is 34.4 Å². The summed E-state index contributed by atoms with van der Waals surface area (Å²) in [4.78, 5) is 50.7. The van der Waals surface area contributed by atoms with Crippen LogP contribution in [0.5, 0.6) is 0 Å². The molecule has 370 valence electrons. The zero-order valence-electron chi connectivity index (χ0n) is 40.6. The van der Waals surface area contributed by atoms with Crippen LogP contribution in [0.2, 0.25) is 0 Å². The second-order valence-electron chi connectivity index (χ2n) is 17.7. The monoisotopic (exact) mass is 969 g/mol. The van der Waals surface area contributed by atoms with Gasteiger partial charge in [-0.05, 0) is 71.8 Å². The van der Waals surface area contributed by atoms with E-state index < -0.39 is 41.8 Å². The molecule has 0 fully saturated rings. The highest BCUT2D eigenvalue weighted by Gasteiger charge is 2.46. The van der Waals surface area contributed by atoms with E-state index in [-0.39, 0.29) is 18.4 Å². The Labute approximate surface area is 407 Å². The number of carbonyl (C=O) groups excluding carboxylic acids is 2. The molecule has 0 bridgehead atoms. The van der Waals surface area contributed by atoms with Gasteiger partial charge in [-0.3, -0.25) is 0 Å². The standard InChI is InChI=1S/C52H90O8S4/c1-5-9-11-13-15-17-19-21-23-25-27-29-31-33-35-37-41-61-51(7-3,63-49(57)58)44-40-39-43(47(53)54)45(48(55)56)46(44)52(8-4,64-50(59)60)62-42-38-36-34-32-30-28-26-24-22-20-18-16-14-12-10-6-2/h39-40H,5-38,41-42H2,1-4H3,(H,53,54)(H,55,56)(H,57,58)(H,59,60)/p-2. The number of unbranched alkanes of at least 4 members (excludes halogenated alkanes) is 30. The van der Waals surface area contributed by atoms with E-state index in [4.69, 9.17) is 0 Å². The fraction of sp³-hybridized carbons (Fsp3) is 0.808. The average molecular weight is 970 g/mol. The molecule has 12 heteroatoms. The van der Waals surface area contributed by atoms with Crippen molar-refractivity contribution in [2.24, 2.45) is 0 Å². The minimum atomic E-state index is -1.75. The summed E-state index contributed by atoms with van der Waals surface area (Å²) in [6.45, 7) is 8.12. The van der Waals surface area contributed by atoms with Crippen LogP contribution in [0, 0.1) is 0 Å². The summed E-state index contributed by atoms with van der Waals surface area (Å²) >= 11 is 3.96. The molecular weight excluding hydrogens is 881 g/mol. The molecule has 64 heavy (non-hydrogen) atoms. The molecule has 0 spiro atoms. The molecule has 0 radical (unpaired) electrons. The topological polar surface area (TPSA) is 155 Å². The lowest BCUT2D eigenvalue weighted by Gasteiger charge is -2.41. The van der Waals surface area contributed by atoms with E-state index in [2.05, 4.69) is 13.8 Å². The van der Waals surface area contributed by atoms with Gasteiger partial charge in [-0.2, -0.15) is 0 Å². The Bertz CT molecular complexity index is 1410. The van der Waals surface area contributed by atoms with E-state index in [9.17, 15) is 39.6 Å². The van der Waals surface area contributed by atoms with Crippen LogP contribution in [0.4, 0.5) is 9.59 Å². The molecule has 1 aromatic rings. The van der Waals surface area contributed by atoms with Crippen LogP contribution in [-0.2, 0) is 8.16 Å². The first-order valence-corrected chi connectivity index (χ1v) is 29.3. The zero-order valence-corrected chi connectivity index (χ0v) is 43.9. The van der Waals surface area contributed by atoms with Crippen LogP contribution in [0.1, 0.15) is 278 Å². The highest BCUT2D eigenvalue weighted by molar-refractivity contribution is 8.25. The van der Waals surface area contributed by atoms with Gasteiger partial charge in [-0.1, -0.05) is 232 Å². The van der Waals surface area contributed by atoms with E-state index in [1.54, 1.807) is 6.92 Å². The zero-order chi connectivity index (χ0) is 47.3. The number of hydrogen-bond acceptors (Lipinski definition) is 10. The van der Waals surface area contributed by atoms with Crippen molar-refractivity contribution in [3.63, 3.8) is 0 Å². The third kappa shape index (κ3) is 25.6. The molecule has 1 rings (SSSR count). The molecule has 8 nitrogen and oxygen atoms in total. The second-order valence-corrected chi connectivity index (χ2v) is 23.5. The number of thioether (sulfide) groups is 4. The summed E-state index contributed by atoms with van der Waals surface area (Å²) in [6, 6.07) is 2.66. The third-order valence-corrected chi connectivity index (χ3v) is 18.7. The maximum Gasteiger partial charge on any atom is 0.366 e. The van der Waals surface area contributed by atoms with Crippen molar-refractivity contribution < 1.29 is 39.6 Å². The molecule has 0 aliphatic carbocycles. The smallest absolute Gasteiger partial charge is 0.366 e. The van der Waals surface area contributed by atoms with Crippen molar-refractivity contribution in [3.8, 4) is 0 Å². The number of benzene rings is 1. The van der Waals surface area contributed by atoms with Crippen LogP contribution in [0.15, 0.2) is 12.1 Å². The Morgan fingerprint density at radius 1 is 0.438 bits per heavy atom. The summed E-state index contributed by atoms with van der Waals surface area (Å²) in [5.74, 6) is -2.34. The molecule has 2 atom stereocenters. The van der Waals surface area contributed by atoms with Gasteiger partial charge in [0.15, 0.2) is 0 Å². The molecule has 2 unspecified atom stereocenters. The molecule has 0 aromatic heterocycles. The first-order chi connectivity index (χ1) is 30.9. The number of hydrogen-bond donors (Lipinski definition) is 2. The Balaban J connectivity index is 2.99. The lowest BCUT2D eigenvalue weighted by molar-refractivity contribution is -0.259. The van der Waals surface area contributed by atoms with Crippen molar-refractivity contribution in [2.45, 2.75) is 254 Å². The summed E-state index contributed by atoms with van der Waals surface area (Å²) in [5.41, 5.74) is -0.887. The van der Waals surface area contributed by atoms with E-state index in [0.717, 1.165) is 57.4 Å². The molecule has 1 aromatic carbocycles. The summed E-state index contributed by atoms with van der Waals surface area (Å²) in [7, 11) is 0. The van der Waals surface area contributed by atoms with Gasteiger partial charge in [0, 0.05) is 11.1 Å². The second kappa shape index (κ2) is 38.5. The first-order valence-electron chi connectivity index (χ1n) is 25.7. The lowest BCUT2D eigenvalue weighted by Crippen LogP contribution is -2.37. The number of carboxylic acids is 2. The fourth-order valence-corrected chi connectivity index (χ4v) is 14.1. The molecule has 0 heterocycles. The highest BCUT2D eigenvalue weighted by Crippen LogP contribution is 2.59. The van der Waals surface area contributed by atoms with Gasteiger partial charge in [0.25, 0.3) is 0 Å². The van der Waals surface area contributed by atoms with Crippen molar-refractivity contribution in [1.29, 1.82) is 0 Å². The highest BCUT2D eigenvalue weighted by atomic mass is 32.2. The van der Waals surface area contributed by atoms with Crippen LogP contribution in [-0.4, -0.2) is 44.3 Å². The van der Waals surface area contributed by atoms with Gasteiger partial charge in [-0.15, -0.1) is 23.5 Å². The third-order valence-electron chi connectivity index (χ3n) is 12.5. The van der Waals surface area contributed by atoms with E-state index in [1.807, 2.05) is 6.92 Å². The molecular formula is C52H88O8S4-2. The van der Waals surface area contributed by atoms with Gasteiger partial charge < -0.3 is 30.0 Å². The van der Waals surface area contributed by atoms with Crippen molar-refractivity contribution >= 4 is 69.6 Å². The lowest BCUT2D eigenvalue weighted by atomic mass is 9.89. The molecule has 0 amide bonds. The number of aromatic carboxylic acids is 2. The van der Waals surface area contributed by atoms with E-state index in [1.165, 1.54) is 184 Å². The Kier molecular flexibility index (Phi) is 36.4. The largest absolute Gasteiger partial charge is 0.545 e. The fourth-order valence-electron chi connectivity index (χ4n) is 8.78. The first kappa shape index (κ1) is 60.5. The van der Waals surface area contributed by atoms with Crippen LogP contribution >= 0.6 is 47.0 Å². The molecule has 2 N–H and O–H groups in total. The number of rotatable bonds is 44. The molecule has 0 saturated heterocycles. The van der Waals surface area contributed by atoms with Gasteiger partial charge in [0.2, 0.25) is 0 Å². The van der Waals surface area contributed by atoms with Crippen LogP contribution in [0.25, 0.3) is 0 Å². The predicted octanol–water partition coefficient (Wildman–Crippen LogP) is 16.4. The van der Waals surface area contributed by atoms with Crippen molar-refractivity contribution in [1.82, 2.24) is 0 Å². The summed E-state index contributed by atoms with van der Waals surface area (Å²) in [6.07, 6.45) is 39.9. The SMILES string of the molecule is CCCCCCCCCCCCCCCCCCSC(CC)(SC(=O)O)c1ccc(C(=O)[O-])c(C(=O)[O-])c1C(CC)(SCCCCCCCCCCCCCCCCCC)SC(=O)O. The normalized spacial score (nSPS) is 13.4. The van der Waals surface area contributed by atoms with Gasteiger partial charge >= 0.3 is 10.6 Å². The van der Waals surface area contributed by atoms with E-state index in [0.29, 0.717) is 40.6 Å². The Hall–Kier alpha value is -1.50. The minimum Gasteiger partial charge on any atom is -0.545 e. The predicted molar refractivity (Wildman–Crippen MR) is 274 cm³/mol.